The fourth-order valence-electron chi connectivity index (χ4n) is 4.65. The van der Waals surface area contributed by atoms with Gasteiger partial charge in [-0.3, -0.25) is 14.4 Å². The number of rotatable bonds is 13. The number of hydrogen-bond acceptors (Lipinski definition) is 5. The number of aryl methyl sites for hydroxylation is 1. The molecule has 0 saturated heterocycles. The number of carboxylic acid groups (broad SMARTS) is 1. The highest BCUT2D eigenvalue weighted by Gasteiger charge is 2.23. The number of amides is 3. The Balaban J connectivity index is 1.38. The molecule has 10 nitrogen and oxygen atoms in total. The predicted molar refractivity (Wildman–Crippen MR) is 158 cm³/mol. The summed E-state index contributed by atoms with van der Waals surface area (Å²) >= 11 is 0. The lowest BCUT2D eigenvalue weighted by atomic mass is 10.0. The van der Waals surface area contributed by atoms with Crippen LogP contribution in [0.4, 0.5) is 4.79 Å². The fourth-order valence-corrected chi connectivity index (χ4v) is 4.65. The molecule has 0 fully saturated rings. The maximum Gasteiger partial charge on any atom is 0.407 e. The molecule has 0 bridgehead atoms. The molecule has 1 aromatic heterocycles. The first-order valence-corrected chi connectivity index (χ1v) is 13.7. The van der Waals surface area contributed by atoms with E-state index in [9.17, 15) is 24.3 Å². The number of aromatic nitrogens is 1. The minimum Gasteiger partial charge on any atom is -0.481 e. The maximum absolute atomic E-state index is 13.3. The van der Waals surface area contributed by atoms with Crippen LogP contribution in [-0.4, -0.2) is 46.1 Å². The third kappa shape index (κ3) is 8.20. The molecule has 0 aliphatic carbocycles. The fraction of sp³-hybridized carbons (Fsp3) is 0.250. The average molecular weight is 571 g/mol. The van der Waals surface area contributed by atoms with Gasteiger partial charge in [-0.2, -0.15) is 0 Å². The second kappa shape index (κ2) is 14.5. The monoisotopic (exact) mass is 570 g/mol. The van der Waals surface area contributed by atoms with E-state index in [1.54, 1.807) is 41.9 Å². The van der Waals surface area contributed by atoms with E-state index >= 15 is 0 Å². The van der Waals surface area contributed by atoms with Crippen LogP contribution in [0.1, 0.15) is 40.0 Å². The SMILES string of the molecule is Cn1c(C(=O)N[C@@H](CCCNC(=O)OCc2ccccc2)C(=O)NCc2ccccc2CC(=O)O)cc2ccccc21. The number of carboxylic acids is 1. The highest BCUT2D eigenvalue weighted by molar-refractivity contribution is 6.00. The molecular weight excluding hydrogens is 536 g/mol. The summed E-state index contributed by atoms with van der Waals surface area (Å²) < 4.78 is 7.00. The van der Waals surface area contributed by atoms with Crippen LogP contribution in [0, 0.1) is 0 Å². The highest BCUT2D eigenvalue weighted by Crippen LogP contribution is 2.18. The molecule has 0 aliphatic rings. The molecular formula is C32H34N4O6. The minimum absolute atomic E-state index is 0.104. The first-order chi connectivity index (χ1) is 20.3. The third-order valence-corrected chi connectivity index (χ3v) is 6.87. The summed E-state index contributed by atoms with van der Waals surface area (Å²) in [5, 5.41) is 18.5. The zero-order chi connectivity index (χ0) is 29.9. The second-order valence-corrected chi connectivity index (χ2v) is 9.86. The van der Waals surface area contributed by atoms with Crippen LogP contribution >= 0.6 is 0 Å². The van der Waals surface area contributed by atoms with Crippen LogP contribution in [0.5, 0.6) is 0 Å². The molecule has 0 spiro atoms. The Morgan fingerprint density at radius 3 is 2.31 bits per heavy atom. The number of aliphatic carboxylic acids is 1. The summed E-state index contributed by atoms with van der Waals surface area (Å²) in [6.07, 6.45) is -0.102. The number of nitrogens with zero attached hydrogens (tertiary/aromatic N) is 1. The largest absolute Gasteiger partial charge is 0.481 e. The number of alkyl carbamates (subject to hydrolysis) is 1. The lowest BCUT2D eigenvalue weighted by Crippen LogP contribution is -2.47. The summed E-state index contributed by atoms with van der Waals surface area (Å²) in [4.78, 5) is 50.0. The maximum atomic E-state index is 13.3. The van der Waals surface area contributed by atoms with Crippen molar-refractivity contribution in [2.45, 2.75) is 38.5 Å². The first-order valence-electron chi connectivity index (χ1n) is 13.7. The number of para-hydroxylation sites is 1. The van der Waals surface area contributed by atoms with Crippen LogP contribution in [-0.2, 0) is 40.9 Å². The molecule has 0 aliphatic heterocycles. The normalized spacial score (nSPS) is 11.5. The number of ether oxygens (including phenoxy) is 1. The first kappa shape index (κ1) is 29.9. The molecule has 4 aromatic rings. The van der Waals surface area contributed by atoms with Gasteiger partial charge in [-0.15, -0.1) is 0 Å². The van der Waals surface area contributed by atoms with Gasteiger partial charge < -0.3 is 30.4 Å². The lowest BCUT2D eigenvalue weighted by molar-refractivity contribution is -0.136. The molecule has 0 radical (unpaired) electrons. The molecule has 10 heteroatoms. The molecule has 3 amide bonds. The van der Waals surface area contributed by atoms with E-state index in [-0.39, 0.29) is 32.5 Å². The lowest BCUT2D eigenvalue weighted by Gasteiger charge is -2.19. The van der Waals surface area contributed by atoms with E-state index in [1.165, 1.54) is 0 Å². The van der Waals surface area contributed by atoms with Crippen molar-refractivity contribution in [3.8, 4) is 0 Å². The number of carbonyl (C=O) groups is 4. The van der Waals surface area contributed by atoms with E-state index in [1.807, 2.05) is 54.6 Å². The molecule has 0 saturated carbocycles. The van der Waals surface area contributed by atoms with Crippen LogP contribution in [0.2, 0.25) is 0 Å². The molecule has 218 valence electrons. The third-order valence-electron chi connectivity index (χ3n) is 6.87. The summed E-state index contributed by atoms with van der Waals surface area (Å²) in [6, 6.07) is 24.8. The van der Waals surface area contributed by atoms with Crippen molar-refractivity contribution in [2.75, 3.05) is 6.54 Å². The molecule has 4 N–H and O–H groups in total. The van der Waals surface area contributed by atoms with Gasteiger partial charge in [0, 0.05) is 31.0 Å². The van der Waals surface area contributed by atoms with Crippen molar-refractivity contribution in [1.29, 1.82) is 0 Å². The van der Waals surface area contributed by atoms with Gasteiger partial charge in [-0.05, 0) is 41.7 Å². The van der Waals surface area contributed by atoms with Crippen molar-refractivity contribution in [3.05, 3.63) is 107 Å². The summed E-state index contributed by atoms with van der Waals surface area (Å²) in [6.45, 7) is 0.484. The Kier molecular flexibility index (Phi) is 10.3. The van der Waals surface area contributed by atoms with Gasteiger partial charge >= 0.3 is 12.1 Å². The Labute approximate surface area is 243 Å². The molecule has 4 rings (SSSR count). The molecule has 1 heterocycles. The van der Waals surface area contributed by atoms with Crippen molar-refractivity contribution in [3.63, 3.8) is 0 Å². The topological polar surface area (TPSA) is 139 Å². The van der Waals surface area contributed by atoms with Crippen molar-refractivity contribution in [2.24, 2.45) is 7.05 Å². The number of carbonyl (C=O) groups excluding carboxylic acids is 3. The van der Waals surface area contributed by atoms with Crippen LogP contribution in [0.3, 0.4) is 0 Å². The van der Waals surface area contributed by atoms with Gasteiger partial charge in [0.05, 0.1) is 6.42 Å². The molecule has 42 heavy (non-hydrogen) atoms. The van der Waals surface area contributed by atoms with Gasteiger partial charge in [0.2, 0.25) is 5.91 Å². The minimum atomic E-state index is -0.969. The van der Waals surface area contributed by atoms with Gasteiger partial charge in [0.1, 0.15) is 18.3 Å². The van der Waals surface area contributed by atoms with E-state index < -0.39 is 29.9 Å². The van der Waals surface area contributed by atoms with Gasteiger partial charge in [-0.25, -0.2) is 4.79 Å². The van der Waals surface area contributed by atoms with Crippen LogP contribution in [0.25, 0.3) is 10.9 Å². The highest BCUT2D eigenvalue weighted by atomic mass is 16.5. The van der Waals surface area contributed by atoms with Crippen molar-refractivity contribution >= 4 is 34.8 Å². The van der Waals surface area contributed by atoms with E-state index in [2.05, 4.69) is 16.0 Å². The number of fused-ring (bicyclic) bond motifs is 1. The summed E-state index contributed by atoms with van der Waals surface area (Å²) in [5.74, 6) is -1.79. The van der Waals surface area contributed by atoms with E-state index in [4.69, 9.17) is 4.74 Å². The predicted octanol–water partition coefficient (Wildman–Crippen LogP) is 3.93. The van der Waals surface area contributed by atoms with Gasteiger partial charge in [-0.1, -0.05) is 72.8 Å². The van der Waals surface area contributed by atoms with E-state index in [0.29, 0.717) is 23.2 Å². The Bertz CT molecular complexity index is 1550. The second-order valence-electron chi connectivity index (χ2n) is 9.86. The van der Waals surface area contributed by atoms with Crippen LogP contribution in [0.15, 0.2) is 84.9 Å². The van der Waals surface area contributed by atoms with E-state index in [0.717, 1.165) is 16.5 Å². The smallest absolute Gasteiger partial charge is 0.407 e. The number of hydrogen-bond donors (Lipinski definition) is 4. The van der Waals surface area contributed by atoms with Crippen molar-refractivity contribution in [1.82, 2.24) is 20.5 Å². The average Bonchev–Trinajstić information content (AvgIpc) is 3.33. The standard InChI is InChI=1S/C32H34N4O6/c1-36-27-16-8-7-13-24(27)18-28(36)31(40)35-26(15-9-17-33-32(41)42-21-22-10-3-2-4-11-22)30(39)34-20-25-14-6-5-12-23(25)19-29(37)38/h2-8,10-14,16,18,26H,9,15,17,19-21H2,1H3,(H,33,41)(H,34,39)(H,35,40)(H,37,38)/t26-/m0/s1. The molecule has 3 aromatic carbocycles. The molecule has 1 atom stereocenters. The Morgan fingerprint density at radius 2 is 1.57 bits per heavy atom. The quantitative estimate of drug-likeness (QED) is 0.180. The van der Waals surface area contributed by atoms with Gasteiger partial charge in [0.25, 0.3) is 5.91 Å². The number of nitrogens with one attached hydrogen (secondary N) is 3. The van der Waals surface area contributed by atoms with Gasteiger partial charge in [0.15, 0.2) is 0 Å². The Hall–Kier alpha value is -5.12. The zero-order valence-electron chi connectivity index (χ0n) is 23.3. The zero-order valence-corrected chi connectivity index (χ0v) is 23.3. The summed E-state index contributed by atoms with van der Waals surface area (Å²) in [7, 11) is 1.79. The van der Waals surface area contributed by atoms with Crippen molar-refractivity contribution < 1.29 is 29.0 Å². The van der Waals surface area contributed by atoms with Crippen LogP contribution < -0.4 is 16.0 Å². The number of benzene rings is 3. The Morgan fingerprint density at radius 1 is 0.881 bits per heavy atom. The summed E-state index contributed by atoms with van der Waals surface area (Å²) in [5.41, 5.74) is 3.43. The molecule has 0 unspecified atom stereocenters.